The lowest BCUT2D eigenvalue weighted by molar-refractivity contribution is -0.0367. The van der Waals surface area contributed by atoms with E-state index in [4.69, 9.17) is 14.2 Å². The lowest BCUT2D eigenvalue weighted by Crippen LogP contribution is -2.46. The molecular formula is C23H35N3O4S. The zero-order valence-electron chi connectivity index (χ0n) is 19.0. The number of piperidine rings is 1. The molecule has 1 amide bonds. The smallest absolute Gasteiger partial charge is 0.410 e. The van der Waals surface area contributed by atoms with E-state index in [2.05, 4.69) is 24.2 Å². The summed E-state index contributed by atoms with van der Waals surface area (Å²) in [6, 6.07) is 4.19. The lowest BCUT2D eigenvalue weighted by Gasteiger charge is -2.34. The van der Waals surface area contributed by atoms with Crippen LogP contribution in [0.15, 0.2) is 18.3 Å². The van der Waals surface area contributed by atoms with E-state index >= 15 is 0 Å². The van der Waals surface area contributed by atoms with Crippen molar-refractivity contribution in [2.24, 2.45) is 0 Å². The molecule has 172 valence electrons. The number of aromatic nitrogens is 2. The van der Waals surface area contributed by atoms with Crippen molar-refractivity contribution in [1.29, 1.82) is 0 Å². The Hall–Kier alpha value is -1.93. The van der Waals surface area contributed by atoms with Gasteiger partial charge in [-0.1, -0.05) is 0 Å². The Morgan fingerprint density at radius 3 is 2.71 bits per heavy atom. The Kier molecular flexibility index (Phi) is 7.42. The van der Waals surface area contributed by atoms with Gasteiger partial charge in [0, 0.05) is 24.6 Å². The van der Waals surface area contributed by atoms with E-state index in [1.807, 2.05) is 31.6 Å². The summed E-state index contributed by atoms with van der Waals surface area (Å²) in [5, 5.41) is 5.67. The van der Waals surface area contributed by atoms with Gasteiger partial charge in [-0.3, -0.25) is 0 Å². The predicted molar refractivity (Wildman–Crippen MR) is 125 cm³/mol. The number of benzene rings is 1. The number of carbonyl (C=O) groups excluding carboxylic acids is 1. The third-order valence-electron chi connectivity index (χ3n) is 5.64. The van der Waals surface area contributed by atoms with Crippen LogP contribution >= 0.6 is 13.5 Å². The minimum atomic E-state index is -0.494. The standard InChI is InChI=1S/C23H33N3O4.H2S/c1-16-12-17-14-24-26(21-9-5-6-11-28-21)19(17)13-20(16)29-18-8-7-10-25(15-18)22(27)30-23(2,3)4;/h12-14,18,21H,5-11,15H2,1-4H3;1H2/t18-,21?;/m0./s1. The summed E-state index contributed by atoms with van der Waals surface area (Å²) in [5.41, 5.74) is 1.61. The van der Waals surface area contributed by atoms with Crippen LogP contribution < -0.4 is 4.74 Å². The summed E-state index contributed by atoms with van der Waals surface area (Å²) >= 11 is 0. The Morgan fingerprint density at radius 1 is 1.19 bits per heavy atom. The van der Waals surface area contributed by atoms with Gasteiger partial charge < -0.3 is 19.1 Å². The zero-order chi connectivity index (χ0) is 21.3. The van der Waals surface area contributed by atoms with Gasteiger partial charge in [-0.05, 0) is 71.4 Å². The third-order valence-corrected chi connectivity index (χ3v) is 5.64. The first-order valence-corrected chi connectivity index (χ1v) is 11.0. The van der Waals surface area contributed by atoms with Gasteiger partial charge in [0.25, 0.3) is 0 Å². The molecule has 1 aromatic heterocycles. The molecule has 8 heteroatoms. The van der Waals surface area contributed by atoms with Crippen molar-refractivity contribution in [1.82, 2.24) is 14.7 Å². The van der Waals surface area contributed by atoms with E-state index in [9.17, 15) is 4.79 Å². The molecule has 2 aromatic rings. The van der Waals surface area contributed by atoms with Crippen LogP contribution in [-0.4, -0.2) is 52.2 Å². The summed E-state index contributed by atoms with van der Waals surface area (Å²) in [4.78, 5) is 14.2. The monoisotopic (exact) mass is 449 g/mol. The number of hydrogen-bond acceptors (Lipinski definition) is 5. The number of carbonyl (C=O) groups is 1. The molecule has 2 aliphatic heterocycles. The van der Waals surface area contributed by atoms with Gasteiger partial charge in [0.15, 0.2) is 6.23 Å². The molecule has 0 aliphatic carbocycles. The largest absolute Gasteiger partial charge is 0.488 e. The fourth-order valence-electron chi connectivity index (χ4n) is 4.17. The van der Waals surface area contributed by atoms with Crippen molar-refractivity contribution in [2.45, 2.75) is 77.7 Å². The molecule has 0 bridgehead atoms. The molecule has 2 saturated heterocycles. The number of amides is 1. The maximum absolute atomic E-state index is 12.5. The van der Waals surface area contributed by atoms with Gasteiger partial charge in [0.2, 0.25) is 0 Å². The Bertz CT molecular complexity index is 902. The molecule has 0 spiro atoms. The third kappa shape index (κ3) is 5.66. The van der Waals surface area contributed by atoms with Gasteiger partial charge in [-0.2, -0.15) is 18.6 Å². The number of rotatable bonds is 3. The molecule has 4 rings (SSSR count). The molecule has 2 fully saturated rings. The Morgan fingerprint density at radius 2 is 2.00 bits per heavy atom. The van der Waals surface area contributed by atoms with Crippen molar-refractivity contribution in [3.05, 3.63) is 23.9 Å². The Balaban J connectivity index is 0.00000272. The summed E-state index contributed by atoms with van der Waals surface area (Å²) in [6.07, 6.45) is 6.64. The van der Waals surface area contributed by atoms with Crippen LogP contribution in [0.4, 0.5) is 4.79 Å². The van der Waals surface area contributed by atoms with E-state index in [0.29, 0.717) is 13.1 Å². The molecular weight excluding hydrogens is 414 g/mol. The molecule has 0 N–H and O–H groups in total. The molecule has 2 aliphatic rings. The maximum atomic E-state index is 12.5. The van der Waals surface area contributed by atoms with Crippen molar-refractivity contribution >= 4 is 30.5 Å². The van der Waals surface area contributed by atoms with Gasteiger partial charge in [0.1, 0.15) is 17.5 Å². The highest BCUT2D eigenvalue weighted by molar-refractivity contribution is 7.59. The minimum Gasteiger partial charge on any atom is -0.488 e. The maximum Gasteiger partial charge on any atom is 0.410 e. The first kappa shape index (κ1) is 23.7. The van der Waals surface area contributed by atoms with Crippen molar-refractivity contribution in [2.75, 3.05) is 19.7 Å². The number of nitrogens with zero attached hydrogens (tertiary/aromatic N) is 3. The van der Waals surface area contributed by atoms with Crippen molar-refractivity contribution < 1.29 is 19.0 Å². The molecule has 31 heavy (non-hydrogen) atoms. The van der Waals surface area contributed by atoms with E-state index in [1.54, 1.807) is 4.90 Å². The zero-order valence-corrected chi connectivity index (χ0v) is 20.0. The van der Waals surface area contributed by atoms with Crippen LogP contribution in [0.25, 0.3) is 10.9 Å². The fourth-order valence-corrected chi connectivity index (χ4v) is 4.17. The fraction of sp³-hybridized carbons (Fsp3) is 0.652. The number of fused-ring (bicyclic) bond motifs is 1. The highest BCUT2D eigenvalue weighted by atomic mass is 32.1. The van der Waals surface area contributed by atoms with Crippen LogP contribution in [0.1, 0.15) is 64.7 Å². The van der Waals surface area contributed by atoms with Crippen LogP contribution in [-0.2, 0) is 9.47 Å². The molecule has 2 atom stereocenters. The Labute approximate surface area is 191 Å². The molecule has 1 aromatic carbocycles. The predicted octanol–water partition coefficient (Wildman–Crippen LogP) is 4.93. The van der Waals surface area contributed by atoms with Gasteiger partial charge in [0.05, 0.1) is 18.3 Å². The summed E-state index contributed by atoms with van der Waals surface area (Å²) in [6.45, 7) is 9.75. The highest BCUT2D eigenvalue weighted by Gasteiger charge is 2.29. The van der Waals surface area contributed by atoms with Crippen LogP contribution in [0.3, 0.4) is 0 Å². The second kappa shape index (κ2) is 9.69. The average Bonchev–Trinajstić information content (AvgIpc) is 3.10. The summed E-state index contributed by atoms with van der Waals surface area (Å²) < 4.78 is 19.8. The number of likely N-dealkylation sites (tertiary alicyclic amines) is 1. The number of aryl methyl sites for hydroxylation is 1. The van der Waals surface area contributed by atoms with Crippen LogP contribution in [0, 0.1) is 6.92 Å². The topological polar surface area (TPSA) is 65.8 Å². The SMILES string of the molecule is Cc1cc2cnn(C3CCCCO3)c2cc1O[C@H]1CCCN(C(=O)OC(C)(C)C)C1.S. The van der Waals surface area contributed by atoms with E-state index < -0.39 is 5.60 Å². The molecule has 3 heterocycles. The van der Waals surface area contributed by atoms with E-state index in [-0.39, 0.29) is 31.9 Å². The van der Waals surface area contributed by atoms with Gasteiger partial charge in [-0.25, -0.2) is 9.48 Å². The second-order valence-electron chi connectivity index (χ2n) is 9.40. The molecule has 1 unspecified atom stereocenters. The van der Waals surface area contributed by atoms with Gasteiger partial charge in [-0.15, -0.1) is 0 Å². The molecule has 7 nitrogen and oxygen atoms in total. The normalized spacial score (nSPS) is 22.1. The van der Waals surface area contributed by atoms with Crippen molar-refractivity contribution in [3.8, 4) is 5.75 Å². The quantitative estimate of drug-likeness (QED) is 0.664. The van der Waals surface area contributed by atoms with E-state index in [1.165, 1.54) is 0 Å². The summed E-state index contributed by atoms with van der Waals surface area (Å²) in [7, 11) is 0. The first-order valence-electron chi connectivity index (χ1n) is 11.0. The van der Waals surface area contributed by atoms with Crippen LogP contribution in [0.5, 0.6) is 5.75 Å². The van der Waals surface area contributed by atoms with Crippen molar-refractivity contribution in [3.63, 3.8) is 0 Å². The number of ether oxygens (including phenoxy) is 3. The minimum absolute atomic E-state index is 0. The van der Waals surface area contributed by atoms with Crippen LogP contribution in [0.2, 0.25) is 0 Å². The average molecular weight is 450 g/mol. The van der Waals surface area contributed by atoms with E-state index in [0.717, 1.165) is 60.9 Å². The molecule has 0 saturated carbocycles. The second-order valence-corrected chi connectivity index (χ2v) is 9.40. The molecule has 0 radical (unpaired) electrons. The summed E-state index contributed by atoms with van der Waals surface area (Å²) in [5.74, 6) is 0.844. The first-order chi connectivity index (χ1) is 14.3. The van der Waals surface area contributed by atoms with Gasteiger partial charge >= 0.3 is 6.09 Å². The number of hydrogen-bond donors (Lipinski definition) is 0. The lowest BCUT2D eigenvalue weighted by atomic mass is 10.1. The highest BCUT2D eigenvalue weighted by Crippen LogP contribution is 2.31.